The molecule has 0 aromatic carbocycles. The van der Waals surface area contributed by atoms with Crippen molar-refractivity contribution in [1.29, 1.82) is 0 Å². The van der Waals surface area contributed by atoms with Crippen LogP contribution in [0, 0.1) is 13.8 Å². The second kappa shape index (κ2) is 9.27. The Balaban J connectivity index is 1.80. The van der Waals surface area contributed by atoms with E-state index in [1.807, 2.05) is 17.7 Å². The van der Waals surface area contributed by atoms with Gasteiger partial charge < -0.3 is 10.6 Å². The lowest BCUT2D eigenvalue weighted by atomic mass is 10.3. The summed E-state index contributed by atoms with van der Waals surface area (Å²) in [5, 5.41) is 11.6. The minimum atomic E-state index is 0.497. The lowest BCUT2D eigenvalue weighted by molar-refractivity contribution is 0.555. The highest BCUT2D eigenvalue weighted by atomic mass is 35.5. The average molecular weight is 349 g/mol. The van der Waals surface area contributed by atoms with Crippen molar-refractivity contribution in [2.75, 3.05) is 13.1 Å². The molecule has 24 heavy (non-hydrogen) atoms. The summed E-state index contributed by atoms with van der Waals surface area (Å²) in [5.74, 6) is 0.806. The van der Waals surface area contributed by atoms with Crippen LogP contribution in [0.3, 0.4) is 0 Å². The summed E-state index contributed by atoms with van der Waals surface area (Å²) in [6.07, 6.45) is 2.73. The van der Waals surface area contributed by atoms with Crippen LogP contribution in [-0.4, -0.2) is 33.8 Å². The fraction of sp³-hybridized carbons (Fsp3) is 0.471. The van der Waals surface area contributed by atoms with Gasteiger partial charge in [0.05, 0.1) is 12.2 Å². The molecular weight excluding hydrogens is 324 g/mol. The van der Waals surface area contributed by atoms with E-state index in [0.29, 0.717) is 11.7 Å². The lowest BCUT2D eigenvalue weighted by Crippen LogP contribution is -2.38. The molecule has 0 spiro atoms. The van der Waals surface area contributed by atoms with E-state index in [2.05, 4.69) is 45.6 Å². The van der Waals surface area contributed by atoms with Crippen molar-refractivity contribution in [2.45, 2.75) is 40.3 Å². The van der Waals surface area contributed by atoms with Gasteiger partial charge in [0.15, 0.2) is 5.96 Å². The minimum absolute atomic E-state index is 0.497. The number of aliphatic imine (C=N–C) groups is 1. The van der Waals surface area contributed by atoms with Crippen molar-refractivity contribution in [2.24, 2.45) is 4.99 Å². The Kier molecular flexibility index (Phi) is 7.06. The number of aromatic nitrogens is 3. The zero-order chi connectivity index (χ0) is 17.4. The molecule has 130 valence electrons. The van der Waals surface area contributed by atoms with Crippen LogP contribution >= 0.6 is 11.6 Å². The zero-order valence-corrected chi connectivity index (χ0v) is 15.3. The number of nitrogens with one attached hydrogen (secondary N) is 2. The molecule has 0 saturated carbocycles. The Morgan fingerprint density at radius 1 is 1.29 bits per heavy atom. The highest BCUT2D eigenvalue weighted by Gasteiger charge is 2.01. The third-order valence-corrected chi connectivity index (χ3v) is 3.72. The molecule has 2 heterocycles. The molecule has 6 nitrogen and oxygen atoms in total. The van der Waals surface area contributed by atoms with E-state index in [1.165, 1.54) is 5.69 Å². The van der Waals surface area contributed by atoms with Gasteiger partial charge in [0, 0.05) is 31.5 Å². The first-order valence-corrected chi connectivity index (χ1v) is 8.60. The third kappa shape index (κ3) is 5.85. The predicted molar refractivity (Wildman–Crippen MR) is 98.4 cm³/mol. The number of hydrogen-bond donors (Lipinski definition) is 2. The highest BCUT2D eigenvalue weighted by molar-refractivity contribution is 6.29. The average Bonchev–Trinajstić information content (AvgIpc) is 2.88. The molecule has 0 radical (unpaired) electrons. The van der Waals surface area contributed by atoms with Crippen LogP contribution < -0.4 is 10.6 Å². The monoisotopic (exact) mass is 348 g/mol. The molecule has 7 heteroatoms. The summed E-state index contributed by atoms with van der Waals surface area (Å²) >= 11 is 5.79. The van der Waals surface area contributed by atoms with Crippen molar-refractivity contribution in [3.05, 3.63) is 46.5 Å². The topological polar surface area (TPSA) is 67.1 Å². The van der Waals surface area contributed by atoms with Gasteiger partial charge in [0.2, 0.25) is 0 Å². The first-order valence-electron chi connectivity index (χ1n) is 8.22. The maximum atomic E-state index is 5.79. The van der Waals surface area contributed by atoms with E-state index in [4.69, 9.17) is 11.6 Å². The SMILES string of the molecule is CCNC(=NCc1ccc(Cl)nc1)NCCCn1nc(C)cc1C. The maximum Gasteiger partial charge on any atom is 0.191 e. The third-order valence-electron chi connectivity index (χ3n) is 3.50. The van der Waals surface area contributed by atoms with Gasteiger partial charge in [-0.2, -0.15) is 5.10 Å². The standard InChI is InChI=1S/C17H25ClN6/c1-4-19-17(22-12-15-6-7-16(18)21-11-15)20-8-5-9-24-14(3)10-13(2)23-24/h6-7,10-11H,4-5,8-9,12H2,1-3H3,(H2,19,20,22). The molecule has 0 atom stereocenters. The molecule has 2 aromatic heterocycles. The number of halogens is 1. The number of hydrogen-bond acceptors (Lipinski definition) is 3. The Labute approximate surface area is 148 Å². The van der Waals surface area contributed by atoms with Gasteiger partial charge >= 0.3 is 0 Å². The Hall–Kier alpha value is -2.08. The summed E-state index contributed by atoms with van der Waals surface area (Å²) in [6.45, 7) is 9.27. The van der Waals surface area contributed by atoms with E-state index in [9.17, 15) is 0 Å². The van der Waals surface area contributed by atoms with Crippen molar-refractivity contribution in [3.8, 4) is 0 Å². The van der Waals surface area contributed by atoms with Gasteiger partial charge in [-0.1, -0.05) is 17.7 Å². The van der Waals surface area contributed by atoms with Crippen molar-refractivity contribution in [1.82, 2.24) is 25.4 Å². The number of nitrogens with zero attached hydrogens (tertiary/aromatic N) is 4. The second-order valence-electron chi connectivity index (χ2n) is 5.61. The first kappa shape index (κ1) is 18.3. The largest absolute Gasteiger partial charge is 0.357 e. The molecule has 0 bridgehead atoms. The maximum absolute atomic E-state index is 5.79. The number of aryl methyl sites for hydroxylation is 3. The molecule has 0 aliphatic heterocycles. The van der Waals surface area contributed by atoms with E-state index >= 15 is 0 Å². The molecule has 0 aliphatic carbocycles. The van der Waals surface area contributed by atoms with Gasteiger partial charge in [0.1, 0.15) is 5.15 Å². The summed E-state index contributed by atoms with van der Waals surface area (Å²) in [7, 11) is 0. The number of pyridine rings is 1. The van der Waals surface area contributed by atoms with Crippen molar-refractivity contribution in [3.63, 3.8) is 0 Å². The Morgan fingerprint density at radius 3 is 2.75 bits per heavy atom. The van der Waals surface area contributed by atoms with Crippen molar-refractivity contribution < 1.29 is 0 Å². The van der Waals surface area contributed by atoms with Crippen molar-refractivity contribution >= 4 is 17.6 Å². The molecule has 0 saturated heterocycles. The first-order chi connectivity index (χ1) is 11.6. The highest BCUT2D eigenvalue weighted by Crippen LogP contribution is 2.06. The van der Waals surface area contributed by atoms with Gasteiger partial charge in [-0.3, -0.25) is 4.68 Å². The molecule has 2 rings (SSSR count). The normalized spacial score (nSPS) is 11.6. The van der Waals surface area contributed by atoms with Gasteiger partial charge in [-0.25, -0.2) is 9.98 Å². The number of guanidine groups is 1. The van der Waals surface area contributed by atoms with Crippen LogP contribution in [0.2, 0.25) is 5.15 Å². The summed E-state index contributed by atoms with van der Waals surface area (Å²) in [6, 6.07) is 5.81. The molecule has 0 fully saturated rings. The van der Waals surface area contributed by atoms with Crippen LogP contribution in [0.15, 0.2) is 29.4 Å². The number of rotatable bonds is 7. The van der Waals surface area contributed by atoms with Crippen LogP contribution in [0.5, 0.6) is 0 Å². The van der Waals surface area contributed by atoms with E-state index < -0.39 is 0 Å². The van der Waals surface area contributed by atoms with Crippen LogP contribution in [0.25, 0.3) is 0 Å². The van der Waals surface area contributed by atoms with E-state index in [1.54, 1.807) is 12.3 Å². The summed E-state index contributed by atoms with van der Waals surface area (Å²) in [4.78, 5) is 8.64. The quantitative estimate of drug-likeness (QED) is 0.349. The zero-order valence-electron chi connectivity index (χ0n) is 14.5. The second-order valence-corrected chi connectivity index (χ2v) is 6.00. The Bertz CT molecular complexity index is 662. The molecular formula is C17H25ClN6. The summed E-state index contributed by atoms with van der Waals surface area (Å²) in [5.41, 5.74) is 3.29. The van der Waals surface area contributed by atoms with Crippen LogP contribution in [0.4, 0.5) is 0 Å². The Morgan fingerprint density at radius 2 is 2.12 bits per heavy atom. The fourth-order valence-electron chi connectivity index (χ4n) is 2.35. The van der Waals surface area contributed by atoms with Gasteiger partial charge in [0.25, 0.3) is 0 Å². The van der Waals surface area contributed by atoms with Gasteiger partial charge in [-0.15, -0.1) is 0 Å². The predicted octanol–water partition coefficient (Wildman–Crippen LogP) is 2.69. The molecule has 2 aromatic rings. The van der Waals surface area contributed by atoms with Crippen LogP contribution in [0.1, 0.15) is 30.3 Å². The lowest BCUT2D eigenvalue weighted by Gasteiger charge is -2.11. The van der Waals surface area contributed by atoms with E-state index in [-0.39, 0.29) is 0 Å². The molecule has 2 N–H and O–H groups in total. The van der Waals surface area contributed by atoms with Crippen LogP contribution in [-0.2, 0) is 13.1 Å². The molecule has 0 aliphatic rings. The summed E-state index contributed by atoms with van der Waals surface area (Å²) < 4.78 is 2.04. The van der Waals surface area contributed by atoms with E-state index in [0.717, 1.165) is 43.3 Å². The minimum Gasteiger partial charge on any atom is -0.357 e. The fourth-order valence-corrected chi connectivity index (χ4v) is 2.46. The molecule has 0 amide bonds. The van der Waals surface area contributed by atoms with Gasteiger partial charge in [-0.05, 0) is 44.9 Å². The smallest absolute Gasteiger partial charge is 0.191 e. The molecule has 0 unspecified atom stereocenters.